The molecule has 1 saturated heterocycles. The molecule has 2 rings (SSSR count). The average molecular weight is 377 g/mol. The van der Waals surface area contributed by atoms with Gasteiger partial charge in [0.1, 0.15) is 16.2 Å². The number of methoxy groups -OCH3 is 1. The minimum Gasteiger partial charge on any atom is -0.495 e. The fraction of sp³-hybridized carbons (Fsp3) is 0.462. The van der Waals surface area contributed by atoms with E-state index < -0.39 is 15.6 Å². The van der Waals surface area contributed by atoms with Crippen LogP contribution in [0.25, 0.3) is 0 Å². The molecule has 0 aromatic heterocycles. The number of benzene rings is 1. The van der Waals surface area contributed by atoms with Crippen molar-refractivity contribution in [3.63, 3.8) is 0 Å². The molecule has 1 N–H and O–H groups in total. The lowest BCUT2D eigenvalue weighted by atomic mass is 10.0. The Bertz CT molecular complexity index is 673. The lowest BCUT2D eigenvalue weighted by molar-refractivity contribution is -0.131. The molecule has 0 saturated carbocycles. The number of amides is 1. The van der Waals surface area contributed by atoms with E-state index in [4.69, 9.17) is 4.74 Å². The Morgan fingerprint density at radius 3 is 2.67 bits per heavy atom. The number of carbonyl (C=O) groups is 1. The first kappa shape index (κ1) is 16.3. The Morgan fingerprint density at radius 1 is 1.38 bits per heavy atom. The molecule has 1 fully saturated rings. The maximum absolute atomic E-state index is 12.9. The number of ether oxygens (including phenoxy) is 1. The van der Waals surface area contributed by atoms with Gasteiger partial charge in [0, 0.05) is 17.6 Å². The number of nitrogens with one attached hydrogen (secondary N) is 1. The number of piperazine rings is 1. The van der Waals surface area contributed by atoms with Gasteiger partial charge in [0.05, 0.1) is 7.11 Å². The summed E-state index contributed by atoms with van der Waals surface area (Å²) in [6.45, 7) is 3.68. The zero-order valence-electron chi connectivity index (χ0n) is 12.0. The van der Waals surface area contributed by atoms with Gasteiger partial charge in [0.2, 0.25) is 15.9 Å². The van der Waals surface area contributed by atoms with E-state index in [-0.39, 0.29) is 29.6 Å². The van der Waals surface area contributed by atoms with E-state index >= 15 is 0 Å². The summed E-state index contributed by atoms with van der Waals surface area (Å²) < 4.78 is 32.8. The van der Waals surface area contributed by atoms with Crippen molar-refractivity contribution < 1.29 is 17.9 Å². The number of nitrogens with zero attached hydrogens (tertiary/aromatic N) is 1. The van der Waals surface area contributed by atoms with Gasteiger partial charge in [-0.3, -0.25) is 4.79 Å². The van der Waals surface area contributed by atoms with Crippen molar-refractivity contribution in [2.24, 2.45) is 0 Å². The van der Waals surface area contributed by atoms with Crippen LogP contribution < -0.4 is 10.1 Å². The van der Waals surface area contributed by atoms with E-state index in [1.807, 2.05) is 0 Å². The third-order valence-corrected chi connectivity index (χ3v) is 6.06. The number of sulfonamides is 1. The average Bonchev–Trinajstić information content (AvgIpc) is 2.41. The lowest BCUT2D eigenvalue weighted by Crippen LogP contribution is -2.63. The summed E-state index contributed by atoms with van der Waals surface area (Å²) in [6, 6.07) is 4.76. The third kappa shape index (κ3) is 2.79. The first-order valence-electron chi connectivity index (χ1n) is 6.36. The van der Waals surface area contributed by atoms with E-state index in [2.05, 4.69) is 21.2 Å². The van der Waals surface area contributed by atoms with Crippen molar-refractivity contribution in [2.75, 3.05) is 20.2 Å². The van der Waals surface area contributed by atoms with Crippen LogP contribution in [0, 0.1) is 0 Å². The van der Waals surface area contributed by atoms with Gasteiger partial charge in [0.15, 0.2) is 0 Å². The second-order valence-electron chi connectivity index (χ2n) is 5.19. The zero-order chi connectivity index (χ0) is 15.8. The lowest BCUT2D eigenvalue weighted by Gasteiger charge is -2.40. The predicted octanol–water partition coefficient (Wildman–Crippen LogP) is 1.36. The van der Waals surface area contributed by atoms with Crippen molar-refractivity contribution >= 4 is 31.9 Å². The monoisotopic (exact) mass is 376 g/mol. The molecule has 1 aromatic rings. The highest BCUT2D eigenvalue weighted by atomic mass is 79.9. The molecule has 1 amide bonds. The number of hydrogen-bond acceptors (Lipinski definition) is 4. The van der Waals surface area contributed by atoms with Gasteiger partial charge in [-0.05, 0) is 32.0 Å². The van der Waals surface area contributed by atoms with Crippen LogP contribution in [0.15, 0.2) is 27.6 Å². The quantitative estimate of drug-likeness (QED) is 0.863. The maximum Gasteiger partial charge on any atom is 0.247 e. The van der Waals surface area contributed by atoms with Gasteiger partial charge in [0.25, 0.3) is 0 Å². The molecule has 1 aromatic carbocycles. The van der Waals surface area contributed by atoms with E-state index in [1.165, 1.54) is 17.5 Å². The first-order chi connectivity index (χ1) is 9.71. The summed E-state index contributed by atoms with van der Waals surface area (Å²) in [5.74, 6) is -0.0636. The molecule has 0 aliphatic carbocycles. The van der Waals surface area contributed by atoms with Crippen molar-refractivity contribution in [3.8, 4) is 5.75 Å². The number of rotatable bonds is 3. The SMILES string of the molecule is COc1ccc(Br)cc1S(=O)(=O)N1CCNC(=O)C1(C)C. The minimum absolute atomic E-state index is 0.0437. The molecular formula is C13H17BrN2O4S. The molecule has 8 heteroatoms. The van der Waals surface area contributed by atoms with Crippen LogP contribution in [0.1, 0.15) is 13.8 Å². The van der Waals surface area contributed by atoms with E-state index in [0.29, 0.717) is 4.47 Å². The number of hydrogen-bond donors (Lipinski definition) is 1. The Morgan fingerprint density at radius 2 is 2.05 bits per heavy atom. The second kappa shape index (κ2) is 5.58. The van der Waals surface area contributed by atoms with Gasteiger partial charge in [-0.25, -0.2) is 8.42 Å². The summed E-state index contributed by atoms with van der Waals surface area (Å²) in [5, 5.41) is 2.68. The van der Waals surface area contributed by atoms with E-state index in [9.17, 15) is 13.2 Å². The van der Waals surface area contributed by atoms with Crippen molar-refractivity contribution in [1.29, 1.82) is 0 Å². The van der Waals surface area contributed by atoms with Crippen molar-refractivity contribution in [2.45, 2.75) is 24.3 Å². The first-order valence-corrected chi connectivity index (χ1v) is 8.59. The summed E-state index contributed by atoms with van der Waals surface area (Å²) in [5.41, 5.74) is -1.15. The molecule has 1 aliphatic heterocycles. The normalized spacial score (nSPS) is 19.1. The number of carbonyl (C=O) groups excluding carboxylic acids is 1. The minimum atomic E-state index is -3.85. The fourth-order valence-corrected chi connectivity index (χ4v) is 4.72. The van der Waals surface area contributed by atoms with Crippen molar-refractivity contribution in [1.82, 2.24) is 9.62 Å². The van der Waals surface area contributed by atoms with Crippen LogP contribution in [0.2, 0.25) is 0 Å². The fourth-order valence-electron chi connectivity index (χ4n) is 2.27. The molecule has 6 nitrogen and oxygen atoms in total. The molecule has 0 unspecified atom stereocenters. The van der Waals surface area contributed by atoms with Crippen LogP contribution in [-0.4, -0.2) is 44.4 Å². The Labute approximate surface area is 132 Å². The molecule has 21 heavy (non-hydrogen) atoms. The summed E-state index contributed by atoms with van der Waals surface area (Å²) >= 11 is 3.26. The van der Waals surface area contributed by atoms with Gasteiger partial charge in [-0.1, -0.05) is 15.9 Å². The molecular weight excluding hydrogens is 360 g/mol. The molecule has 0 atom stereocenters. The molecule has 0 bridgehead atoms. The molecule has 1 heterocycles. The Kier molecular flexibility index (Phi) is 4.32. The van der Waals surface area contributed by atoms with Crippen LogP contribution >= 0.6 is 15.9 Å². The second-order valence-corrected chi connectivity index (χ2v) is 7.93. The summed E-state index contributed by atoms with van der Waals surface area (Å²) in [7, 11) is -2.44. The van der Waals surface area contributed by atoms with Gasteiger partial charge in [-0.15, -0.1) is 0 Å². The third-order valence-electron chi connectivity index (χ3n) is 3.47. The molecule has 0 radical (unpaired) electrons. The van der Waals surface area contributed by atoms with Crippen LogP contribution in [0.3, 0.4) is 0 Å². The molecule has 1 aliphatic rings. The van der Waals surface area contributed by atoms with Gasteiger partial charge < -0.3 is 10.1 Å². The van der Waals surface area contributed by atoms with Crippen LogP contribution in [0.5, 0.6) is 5.75 Å². The van der Waals surface area contributed by atoms with Gasteiger partial charge >= 0.3 is 0 Å². The molecule has 116 valence electrons. The van der Waals surface area contributed by atoms with Crippen LogP contribution in [0.4, 0.5) is 0 Å². The van der Waals surface area contributed by atoms with E-state index in [1.54, 1.807) is 26.0 Å². The number of halogens is 1. The largest absolute Gasteiger partial charge is 0.495 e. The topological polar surface area (TPSA) is 75.7 Å². The van der Waals surface area contributed by atoms with E-state index in [0.717, 1.165) is 0 Å². The van der Waals surface area contributed by atoms with Gasteiger partial charge in [-0.2, -0.15) is 4.31 Å². The molecule has 0 spiro atoms. The highest BCUT2D eigenvalue weighted by Crippen LogP contribution is 2.33. The summed E-state index contributed by atoms with van der Waals surface area (Å²) in [6.07, 6.45) is 0. The van der Waals surface area contributed by atoms with Crippen molar-refractivity contribution in [3.05, 3.63) is 22.7 Å². The zero-order valence-corrected chi connectivity index (χ0v) is 14.4. The highest BCUT2D eigenvalue weighted by Gasteiger charge is 2.45. The smallest absolute Gasteiger partial charge is 0.247 e. The highest BCUT2D eigenvalue weighted by molar-refractivity contribution is 9.10. The Balaban J connectivity index is 2.57. The summed E-state index contributed by atoms with van der Waals surface area (Å²) in [4.78, 5) is 12.0. The standard InChI is InChI=1S/C13H17BrN2O4S/c1-13(2)12(17)15-6-7-16(13)21(18,19)11-8-9(14)4-5-10(11)20-3/h4-5,8H,6-7H2,1-3H3,(H,15,17). The predicted molar refractivity (Wildman–Crippen MR) is 81.7 cm³/mol. The van der Waals surface area contributed by atoms with Crippen LogP contribution in [-0.2, 0) is 14.8 Å². The Hall–Kier alpha value is -1.12. The maximum atomic E-state index is 12.9.